The summed E-state index contributed by atoms with van der Waals surface area (Å²) in [6, 6.07) is 7.71. The lowest BCUT2D eigenvalue weighted by molar-refractivity contribution is 0.102. The Labute approximate surface area is 146 Å². The van der Waals surface area contributed by atoms with Crippen LogP contribution in [0.15, 0.2) is 49.1 Å². The number of carbonyl (C=O) groups is 1. The lowest BCUT2D eigenvalue weighted by Gasteiger charge is -2.30. The fourth-order valence-corrected chi connectivity index (χ4v) is 3.14. The van der Waals surface area contributed by atoms with E-state index in [1.54, 1.807) is 12.4 Å². The average molecular weight is 335 g/mol. The van der Waals surface area contributed by atoms with E-state index in [-0.39, 0.29) is 5.91 Å². The minimum Gasteiger partial charge on any atom is -0.341 e. The predicted octanol–water partition coefficient (Wildman–Crippen LogP) is 3.22. The molecule has 0 saturated carbocycles. The Hall–Kier alpha value is -2.89. The molecule has 0 atom stereocenters. The van der Waals surface area contributed by atoms with Gasteiger partial charge < -0.3 is 14.6 Å². The van der Waals surface area contributed by atoms with Crippen molar-refractivity contribution in [1.82, 2.24) is 14.4 Å². The fourth-order valence-electron chi connectivity index (χ4n) is 3.14. The maximum atomic E-state index is 12.4. The number of hydrogen-bond acceptors (Lipinski definition) is 4. The van der Waals surface area contributed by atoms with Gasteiger partial charge in [-0.1, -0.05) is 13.0 Å². The van der Waals surface area contributed by atoms with Gasteiger partial charge in [-0.05, 0) is 37.0 Å². The van der Waals surface area contributed by atoms with Crippen LogP contribution >= 0.6 is 0 Å². The van der Waals surface area contributed by atoms with Crippen LogP contribution in [-0.2, 0) is 0 Å². The van der Waals surface area contributed by atoms with Crippen LogP contribution in [0.3, 0.4) is 0 Å². The molecule has 25 heavy (non-hydrogen) atoms. The highest BCUT2D eigenvalue weighted by Crippen LogP contribution is 2.20. The van der Waals surface area contributed by atoms with E-state index in [1.807, 2.05) is 41.1 Å². The molecule has 1 N–H and O–H groups in total. The summed E-state index contributed by atoms with van der Waals surface area (Å²) in [4.78, 5) is 23.4. The van der Waals surface area contributed by atoms with E-state index in [0.717, 1.165) is 30.5 Å². The molecule has 0 aromatic carbocycles. The third-order valence-corrected chi connectivity index (χ3v) is 4.73. The molecule has 0 bridgehead atoms. The summed E-state index contributed by atoms with van der Waals surface area (Å²) in [5.74, 6) is 1.35. The second-order valence-electron chi connectivity index (χ2n) is 6.66. The Bertz CT molecular complexity index is 845. The molecule has 0 spiro atoms. The Morgan fingerprint density at radius 2 is 1.96 bits per heavy atom. The zero-order valence-corrected chi connectivity index (χ0v) is 14.2. The number of aromatic nitrogens is 3. The van der Waals surface area contributed by atoms with Gasteiger partial charge in [0.15, 0.2) is 0 Å². The molecule has 3 aromatic heterocycles. The number of nitrogens with zero attached hydrogens (tertiary/aromatic N) is 4. The molecule has 4 rings (SSSR count). The van der Waals surface area contributed by atoms with Crippen LogP contribution in [0.5, 0.6) is 0 Å². The van der Waals surface area contributed by atoms with Crippen molar-refractivity contribution in [2.75, 3.05) is 23.3 Å². The van der Waals surface area contributed by atoms with E-state index in [2.05, 4.69) is 27.1 Å². The zero-order valence-electron chi connectivity index (χ0n) is 14.2. The van der Waals surface area contributed by atoms with E-state index < -0.39 is 0 Å². The minimum atomic E-state index is -0.160. The smallest absolute Gasteiger partial charge is 0.257 e. The van der Waals surface area contributed by atoms with Gasteiger partial charge in [-0.25, -0.2) is 9.97 Å². The molecule has 6 nitrogen and oxygen atoms in total. The first-order valence-electron chi connectivity index (χ1n) is 8.64. The topological polar surface area (TPSA) is 62.5 Å². The third-order valence-electron chi connectivity index (χ3n) is 4.73. The molecule has 1 amide bonds. The number of piperidine rings is 1. The molecule has 1 aliphatic heterocycles. The lowest BCUT2D eigenvalue weighted by atomic mass is 10.00. The molecule has 6 heteroatoms. The van der Waals surface area contributed by atoms with Gasteiger partial charge in [-0.15, -0.1) is 0 Å². The quantitative estimate of drug-likeness (QED) is 0.798. The van der Waals surface area contributed by atoms with Crippen LogP contribution in [0, 0.1) is 5.92 Å². The van der Waals surface area contributed by atoms with Gasteiger partial charge in [0.25, 0.3) is 5.91 Å². The van der Waals surface area contributed by atoms with Crippen LogP contribution in [0.1, 0.15) is 30.1 Å². The van der Waals surface area contributed by atoms with Gasteiger partial charge in [-0.2, -0.15) is 0 Å². The normalized spacial score (nSPS) is 15.5. The van der Waals surface area contributed by atoms with E-state index in [9.17, 15) is 4.79 Å². The van der Waals surface area contributed by atoms with Crippen molar-refractivity contribution in [1.29, 1.82) is 0 Å². The van der Waals surface area contributed by atoms with Crippen molar-refractivity contribution in [2.45, 2.75) is 19.8 Å². The van der Waals surface area contributed by atoms with E-state index in [0.29, 0.717) is 11.3 Å². The Morgan fingerprint density at radius 1 is 1.20 bits per heavy atom. The molecule has 3 aromatic rings. The predicted molar refractivity (Wildman–Crippen MR) is 98.0 cm³/mol. The van der Waals surface area contributed by atoms with Crippen LogP contribution in [-0.4, -0.2) is 33.4 Å². The Morgan fingerprint density at radius 3 is 2.68 bits per heavy atom. The summed E-state index contributed by atoms with van der Waals surface area (Å²) in [5.41, 5.74) is 2.20. The van der Waals surface area contributed by atoms with Crippen molar-refractivity contribution < 1.29 is 4.79 Å². The molecule has 1 saturated heterocycles. The summed E-state index contributed by atoms with van der Waals surface area (Å²) in [6.45, 7) is 4.26. The van der Waals surface area contributed by atoms with Gasteiger partial charge in [0.05, 0.1) is 23.6 Å². The highest BCUT2D eigenvalue weighted by Gasteiger charge is 2.18. The van der Waals surface area contributed by atoms with Gasteiger partial charge in [0, 0.05) is 31.0 Å². The average Bonchev–Trinajstić information content (AvgIpc) is 3.07. The van der Waals surface area contributed by atoms with Crippen molar-refractivity contribution >= 4 is 23.1 Å². The number of anilines is 2. The fraction of sp³-hybridized carbons (Fsp3) is 0.316. The summed E-state index contributed by atoms with van der Waals surface area (Å²) in [6.07, 6.45) is 9.43. The SMILES string of the molecule is CC1CCN(c2ncc(NC(=O)c3cc4ccccn4c3)cn2)CC1. The largest absolute Gasteiger partial charge is 0.341 e. The van der Waals surface area contributed by atoms with Crippen LogP contribution in [0.2, 0.25) is 0 Å². The molecule has 128 valence electrons. The maximum Gasteiger partial charge on any atom is 0.257 e. The van der Waals surface area contributed by atoms with Crippen molar-refractivity contribution in [3.63, 3.8) is 0 Å². The van der Waals surface area contributed by atoms with Crippen LogP contribution in [0.25, 0.3) is 5.52 Å². The monoisotopic (exact) mass is 335 g/mol. The highest BCUT2D eigenvalue weighted by molar-refractivity contribution is 6.05. The minimum absolute atomic E-state index is 0.160. The third kappa shape index (κ3) is 3.33. The lowest BCUT2D eigenvalue weighted by Crippen LogP contribution is -2.34. The van der Waals surface area contributed by atoms with Crippen molar-refractivity contribution in [3.8, 4) is 0 Å². The highest BCUT2D eigenvalue weighted by atomic mass is 16.1. The van der Waals surface area contributed by atoms with Crippen molar-refractivity contribution in [3.05, 3.63) is 54.6 Å². The molecular weight excluding hydrogens is 314 g/mol. The first-order valence-corrected chi connectivity index (χ1v) is 8.64. The maximum absolute atomic E-state index is 12.4. The number of nitrogens with one attached hydrogen (secondary N) is 1. The molecule has 0 radical (unpaired) electrons. The number of fused-ring (bicyclic) bond motifs is 1. The number of pyridine rings is 1. The summed E-state index contributed by atoms with van der Waals surface area (Å²) in [5, 5.41) is 2.86. The molecule has 1 fully saturated rings. The first kappa shape index (κ1) is 15.6. The van der Waals surface area contributed by atoms with Crippen LogP contribution < -0.4 is 10.2 Å². The molecule has 4 heterocycles. The van der Waals surface area contributed by atoms with Gasteiger partial charge in [0.2, 0.25) is 5.95 Å². The molecule has 0 aliphatic carbocycles. The van der Waals surface area contributed by atoms with Gasteiger partial charge >= 0.3 is 0 Å². The molecule has 1 aliphatic rings. The Balaban J connectivity index is 1.44. The van der Waals surface area contributed by atoms with E-state index in [1.165, 1.54) is 12.8 Å². The number of hydrogen-bond donors (Lipinski definition) is 1. The Kier molecular flexibility index (Phi) is 4.09. The molecule has 0 unspecified atom stereocenters. The number of amides is 1. The first-order chi connectivity index (χ1) is 12.2. The summed E-state index contributed by atoms with van der Waals surface area (Å²) < 4.78 is 1.92. The van der Waals surface area contributed by atoms with Gasteiger partial charge in [-0.3, -0.25) is 4.79 Å². The summed E-state index contributed by atoms with van der Waals surface area (Å²) in [7, 11) is 0. The van der Waals surface area contributed by atoms with E-state index in [4.69, 9.17) is 0 Å². The standard InChI is InChI=1S/C19H21N5O/c1-14-5-8-23(9-6-14)19-20-11-16(12-21-19)22-18(25)15-10-17-4-2-3-7-24(17)13-15/h2-4,7,10-14H,5-6,8-9H2,1H3,(H,22,25). The second-order valence-corrected chi connectivity index (χ2v) is 6.66. The van der Waals surface area contributed by atoms with Crippen LogP contribution in [0.4, 0.5) is 11.6 Å². The van der Waals surface area contributed by atoms with E-state index >= 15 is 0 Å². The number of carbonyl (C=O) groups excluding carboxylic acids is 1. The zero-order chi connectivity index (χ0) is 17.2. The van der Waals surface area contributed by atoms with Gasteiger partial charge in [0.1, 0.15) is 0 Å². The summed E-state index contributed by atoms with van der Waals surface area (Å²) >= 11 is 0. The number of rotatable bonds is 3. The molecular formula is C19H21N5O. The van der Waals surface area contributed by atoms with Crippen molar-refractivity contribution in [2.24, 2.45) is 5.92 Å². The second kappa shape index (κ2) is 6.55.